The van der Waals surface area contributed by atoms with E-state index in [0.717, 1.165) is 0 Å². The topological polar surface area (TPSA) is 51.5 Å². The first-order valence-corrected chi connectivity index (χ1v) is 6.72. The molecule has 1 aromatic heterocycles. The van der Waals surface area contributed by atoms with Crippen LogP contribution in [0.2, 0.25) is 10.0 Å². The predicted octanol–water partition coefficient (Wildman–Crippen LogP) is 3.84. The number of benzene rings is 1. The lowest BCUT2D eigenvalue weighted by Crippen LogP contribution is -2.31. The Morgan fingerprint density at radius 2 is 2.20 bits per heavy atom. The van der Waals surface area contributed by atoms with Crippen LogP contribution in [0.1, 0.15) is 18.7 Å². The van der Waals surface area contributed by atoms with Crippen molar-refractivity contribution in [3.8, 4) is 5.75 Å². The second kappa shape index (κ2) is 6.68. The summed E-state index contributed by atoms with van der Waals surface area (Å²) in [4.78, 5) is 11.8. The van der Waals surface area contributed by atoms with Gasteiger partial charge in [0.05, 0.1) is 17.3 Å². The molecule has 0 bridgehead atoms. The number of furan rings is 1. The predicted molar refractivity (Wildman–Crippen MR) is 77.2 cm³/mol. The summed E-state index contributed by atoms with van der Waals surface area (Å²) in [5, 5.41) is 3.63. The molecule has 0 fully saturated rings. The van der Waals surface area contributed by atoms with E-state index in [2.05, 4.69) is 5.32 Å². The van der Waals surface area contributed by atoms with Crippen molar-refractivity contribution in [1.82, 2.24) is 5.32 Å². The van der Waals surface area contributed by atoms with Crippen LogP contribution in [-0.2, 0) is 4.79 Å². The molecule has 0 spiro atoms. The summed E-state index contributed by atoms with van der Waals surface area (Å²) in [6.45, 7) is 1.69. The normalized spacial score (nSPS) is 11.9. The first-order chi connectivity index (χ1) is 9.56. The average Bonchev–Trinajstić information content (AvgIpc) is 2.91. The quantitative estimate of drug-likeness (QED) is 0.912. The zero-order valence-electron chi connectivity index (χ0n) is 10.7. The maximum Gasteiger partial charge on any atom is 0.258 e. The Morgan fingerprint density at radius 3 is 2.85 bits per heavy atom. The Hall–Kier alpha value is -1.65. The molecule has 1 unspecified atom stereocenters. The number of ether oxygens (including phenoxy) is 1. The monoisotopic (exact) mass is 313 g/mol. The summed E-state index contributed by atoms with van der Waals surface area (Å²) in [6.07, 6.45) is 1.56. The van der Waals surface area contributed by atoms with Gasteiger partial charge in [-0.25, -0.2) is 0 Å². The highest BCUT2D eigenvalue weighted by molar-refractivity contribution is 6.35. The Balaban J connectivity index is 1.86. The summed E-state index contributed by atoms with van der Waals surface area (Å²) in [5.41, 5.74) is 0. The lowest BCUT2D eigenvalue weighted by atomic mass is 10.2. The van der Waals surface area contributed by atoms with Crippen molar-refractivity contribution < 1.29 is 13.9 Å². The van der Waals surface area contributed by atoms with Crippen LogP contribution in [0.5, 0.6) is 5.75 Å². The van der Waals surface area contributed by atoms with Crippen LogP contribution in [0.25, 0.3) is 0 Å². The second-order valence-corrected chi connectivity index (χ2v) is 5.01. The third-order valence-corrected chi connectivity index (χ3v) is 3.13. The van der Waals surface area contributed by atoms with E-state index in [9.17, 15) is 4.79 Å². The molecule has 0 radical (unpaired) electrons. The number of carbonyl (C=O) groups excluding carboxylic acids is 1. The molecule has 1 heterocycles. The molecular weight excluding hydrogens is 301 g/mol. The fourth-order valence-corrected chi connectivity index (χ4v) is 2.09. The molecule has 20 heavy (non-hydrogen) atoms. The highest BCUT2D eigenvalue weighted by Crippen LogP contribution is 2.27. The van der Waals surface area contributed by atoms with Gasteiger partial charge in [-0.3, -0.25) is 4.79 Å². The summed E-state index contributed by atoms with van der Waals surface area (Å²) >= 11 is 11.7. The number of halogens is 2. The van der Waals surface area contributed by atoms with E-state index in [4.69, 9.17) is 32.4 Å². The molecule has 1 aromatic carbocycles. The fourth-order valence-electron chi connectivity index (χ4n) is 1.63. The minimum Gasteiger partial charge on any atom is -0.482 e. The van der Waals surface area contributed by atoms with E-state index in [1.165, 1.54) is 0 Å². The molecule has 1 N–H and O–H groups in total. The highest BCUT2D eigenvalue weighted by atomic mass is 35.5. The SMILES string of the molecule is CC(NC(=O)COc1ccc(Cl)cc1Cl)c1ccco1. The van der Waals surface area contributed by atoms with Crippen molar-refractivity contribution in [2.75, 3.05) is 6.61 Å². The minimum absolute atomic E-state index is 0.133. The Kier molecular flexibility index (Phi) is 4.93. The van der Waals surface area contributed by atoms with E-state index in [-0.39, 0.29) is 18.6 Å². The number of carbonyl (C=O) groups is 1. The molecule has 2 aromatic rings. The lowest BCUT2D eigenvalue weighted by molar-refractivity contribution is -0.123. The molecule has 106 valence electrons. The van der Waals surface area contributed by atoms with Crippen molar-refractivity contribution in [2.45, 2.75) is 13.0 Å². The molecular formula is C14H13Cl2NO3. The van der Waals surface area contributed by atoms with Gasteiger partial charge in [-0.05, 0) is 37.3 Å². The maximum absolute atomic E-state index is 11.8. The summed E-state index contributed by atoms with van der Waals surface area (Å²) in [6, 6.07) is 8.16. The van der Waals surface area contributed by atoms with Gasteiger partial charge >= 0.3 is 0 Å². The Bertz CT molecular complexity index is 584. The zero-order valence-corrected chi connectivity index (χ0v) is 12.2. The van der Waals surface area contributed by atoms with Gasteiger partial charge in [0.15, 0.2) is 6.61 Å². The molecule has 0 aliphatic rings. The number of hydrogen-bond donors (Lipinski definition) is 1. The highest BCUT2D eigenvalue weighted by Gasteiger charge is 2.12. The van der Waals surface area contributed by atoms with Crippen molar-refractivity contribution in [3.63, 3.8) is 0 Å². The average molecular weight is 314 g/mol. The van der Waals surface area contributed by atoms with Crippen molar-refractivity contribution in [2.24, 2.45) is 0 Å². The van der Waals surface area contributed by atoms with Crippen LogP contribution in [0.4, 0.5) is 0 Å². The van der Waals surface area contributed by atoms with Gasteiger partial charge in [0.2, 0.25) is 0 Å². The molecule has 0 aliphatic heterocycles. The molecule has 0 aliphatic carbocycles. The first-order valence-electron chi connectivity index (χ1n) is 5.97. The van der Waals surface area contributed by atoms with E-state index < -0.39 is 0 Å². The van der Waals surface area contributed by atoms with E-state index in [1.54, 1.807) is 36.6 Å². The molecule has 0 saturated heterocycles. The molecule has 1 atom stereocenters. The summed E-state index contributed by atoms with van der Waals surface area (Å²) in [7, 11) is 0. The van der Waals surface area contributed by atoms with Gasteiger partial charge in [-0.1, -0.05) is 23.2 Å². The molecule has 6 heteroatoms. The summed E-state index contributed by atoms with van der Waals surface area (Å²) in [5.74, 6) is 0.833. The van der Waals surface area contributed by atoms with Gasteiger partial charge < -0.3 is 14.5 Å². The maximum atomic E-state index is 11.8. The van der Waals surface area contributed by atoms with Crippen LogP contribution in [-0.4, -0.2) is 12.5 Å². The minimum atomic E-state index is -0.264. The van der Waals surface area contributed by atoms with Gasteiger partial charge in [0, 0.05) is 5.02 Å². The Morgan fingerprint density at radius 1 is 1.40 bits per heavy atom. The van der Waals surface area contributed by atoms with Crippen LogP contribution in [0.3, 0.4) is 0 Å². The number of rotatable bonds is 5. The van der Waals surface area contributed by atoms with Gasteiger partial charge in [-0.15, -0.1) is 0 Å². The smallest absolute Gasteiger partial charge is 0.258 e. The van der Waals surface area contributed by atoms with E-state index in [1.807, 2.05) is 6.92 Å². The number of hydrogen-bond acceptors (Lipinski definition) is 3. The number of amides is 1. The standard InChI is InChI=1S/C14H13Cl2NO3/c1-9(12-3-2-6-19-12)17-14(18)8-20-13-5-4-10(15)7-11(13)16/h2-7,9H,8H2,1H3,(H,17,18). The van der Waals surface area contributed by atoms with Gasteiger partial charge in [0.25, 0.3) is 5.91 Å². The first kappa shape index (κ1) is 14.8. The van der Waals surface area contributed by atoms with Crippen molar-refractivity contribution in [1.29, 1.82) is 0 Å². The van der Waals surface area contributed by atoms with Gasteiger partial charge in [-0.2, -0.15) is 0 Å². The largest absolute Gasteiger partial charge is 0.482 e. The van der Waals surface area contributed by atoms with Crippen LogP contribution >= 0.6 is 23.2 Å². The lowest BCUT2D eigenvalue weighted by Gasteiger charge is -2.12. The summed E-state index contributed by atoms with van der Waals surface area (Å²) < 4.78 is 10.5. The van der Waals surface area contributed by atoms with Crippen LogP contribution in [0.15, 0.2) is 41.0 Å². The fraction of sp³-hybridized carbons (Fsp3) is 0.214. The van der Waals surface area contributed by atoms with Crippen molar-refractivity contribution in [3.05, 3.63) is 52.4 Å². The molecule has 1 amide bonds. The third kappa shape index (κ3) is 3.92. The van der Waals surface area contributed by atoms with Crippen LogP contribution < -0.4 is 10.1 Å². The molecule has 2 rings (SSSR count). The second-order valence-electron chi connectivity index (χ2n) is 4.17. The van der Waals surface area contributed by atoms with E-state index >= 15 is 0 Å². The third-order valence-electron chi connectivity index (χ3n) is 2.60. The molecule has 0 saturated carbocycles. The van der Waals surface area contributed by atoms with Crippen molar-refractivity contribution >= 4 is 29.1 Å². The zero-order chi connectivity index (χ0) is 14.5. The van der Waals surface area contributed by atoms with Gasteiger partial charge in [0.1, 0.15) is 11.5 Å². The van der Waals surface area contributed by atoms with E-state index in [0.29, 0.717) is 21.6 Å². The van der Waals surface area contributed by atoms with Crippen LogP contribution in [0, 0.1) is 0 Å². The molecule has 4 nitrogen and oxygen atoms in total. The number of nitrogens with one attached hydrogen (secondary N) is 1. The Labute approximate surface area is 126 Å².